The summed E-state index contributed by atoms with van der Waals surface area (Å²) >= 11 is 1.10. The Morgan fingerprint density at radius 1 is 1.29 bits per heavy atom. The van der Waals surface area contributed by atoms with Gasteiger partial charge in [-0.15, -0.1) is 0 Å². The second-order valence-electron chi connectivity index (χ2n) is 3.02. The third kappa shape index (κ3) is 9.56. The zero-order valence-electron chi connectivity index (χ0n) is 8.55. The molecule has 0 amide bonds. The van der Waals surface area contributed by atoms with Crippen molar-refractivity contribution in [3.63, 3.8) is 0 Å². The number of hydrogen-bond donors (Lipinski definition) is 2. The molecule has 1 rings (SSSR count). The first-order valence-electron chi connectivity index (χ1n) is 4.58. The minimum atomic E-state index is -3.89. The molecule has 0 aliphatic rings. The van der Waals surface area contributed by atoms with E-state index in [1.54, 1.807) is 24.3 Å². The largest absolute Gasteiger partial charge is 0.329 e. The van der Waals surface area contributed by atoms with Crippen LogP contribution in [0.1, 0.15) is 12.5 Å². The first-order valence-corrected chi connectivity index (χ1v) is 8.58. The molecule has 74 valence electrons. The van der Waals surface area contributed by atoms with Gasteiger partial charge in [0, 0.05) is 0 Å². The van der Waals surface area contributed by atoms with Gasteiger partial charge in [0.05, 0.1) is 6.16 Å². The van der Waals surface area contributed by atoms with Gasteiger partial charge in [-0.05, 0) is 5.56 Å². The van der Waals surface area contributed by atoms with E-state index in [-0.39, 0.29) is 6.16 Å². The van der Waals surface area contributed by atoms with Gasteiger partial charge >= 0.3 is 64.0 Å². The first kappa shape index (κ1) is 15.0. The van der Waals surface area contributed by atoms with Crippen molar-refractivity contribution in [3.8, 4) is 0 Å². The van der Waals surface area contributed by atoms with E-state index in [9.17, 15) is 4.57 Å². The Kier molecular flexibility index (Phi) is 8.78. The molecule has 1 aromatic rings. The van der Waals surface area contributed by atoms with Crippen LogP contribution in [-0.4, -0.2) is 58.7 Å². The van der Waals surface area contributed by atoms with Crippen LogP contribution < -0.4 is 0 Å². The van der Waals surface area contributed by atoms with E-state index in [1.807, 2.05) is 6.07 Å². The predicted octanol–water partition coefficient (Wildman–Crippen LogP) is 1.96. The van der Waals surface area contributed by atoms with Crippen molar-refractivity contribution in [1.29, 1.82) is 0 Å². The molecule has 0 fully saturated rings. The SMILES string of the molecule is C[CH2][K].O=P(O)(O)Cc1ccccc1. The van der Waals surface area contributed by atoms with Crippen LogP contribution in [0.3, 0.4) is 0 Å². The minimum Gasteiger partial charge on any atom is -0.324 e. The van der Waals surface area contributed by atoms with Crippen LogP contribution in [0, 0.1) is 0 Å². The summed E-state index contributed by atoms with van der Waals surface area (Å²) in [5, 5.41) is 0. The van der Waals surface area contributed by atoms with Gasteiger partial charge in [0.25, 0.3) is 0 Å². The molecule has 0 bridgehead atoms. The summed E-state index contributed by atoms with van der Waals surface area (Å²) in [5.41, 5.74) is 0.667. The van der Waals surface area contributed by atoms with Gasteiger partial charge in [0.2, 0.25) is 0 Å². The summed E-state index contributed by atoms with van der Waals surface area (Å²) in [4.78, 5) is 17.2. The fraction of sp³-hybridized carbons (Fsp3) is 0.333. The molecule has 0 atom stereocenters. The summed E-state index contributed by atoms with van der Waals surface area (Å²) in [6, 6.07) is 8.71. The van der Waals surface area contributed by atoms with Crippen LogP contribution in [-0.2, 0) is 10.7 Å². The smallest absolute Gasteiger partial charge is 0.324 e. The Bertz CT molecular complexity index is 283. The number of hydrogen-bond acceptors (Lipinski definition) is 1. The van der Waals surface area contributed by atoms with E-state index in [4.69, 9.17) is 9.79 Å². The van der Waals surface area contributed by atoms with E-state index in [2.05, 4.69) is 6.92 Å². The van der Waals surface area contributed by atoms with E-state index in [0.29, 0.717) is 5.56 Å². The van der Waals surface area contributed by atoms with Crippen molar-refractivity contribution in [2.24, 2.45) is 0 Å². The predicted molar refractivity (Wildman–Crippen MR) is 58.4 cm³/mol. The molecule has 0 radical (unpaired) electrons. The molecule has 14 heavy (non-hydrogen) atoms. The van der Waals surface area contributed by atoms with Gasteiger partial charge in [-0.25, -0.2) is 0 Å². The zero-order valence-corrected chi connectivity index (χ0v) is 12.6. The van der Waals surface area contributed by atoms with Crippen LogP contribution in [0.2, 0.25) is 0.515 Å². The molecular weight excluding hydrogens is 226 g/mol. The molecule has 3 nitrogen and oxygen atoms in total. The third-order valence-electron chi connectivity index (χ3n) is 1.23. The Hall–Kier alpha value is 1.01. The topological polar surface area (TPSA) is 57.5 Å². The van der Waals surface area contributed by atoms with Crippen molar-refractivity contribution in [2.45, 2.75) is 13.6 Å². The summed E-state index contributed by atoms with van der Waals surface area (Å²) in [5.74, 6) is 0. The summed E-state index contributed by atoms with van der Waals surface area (Å²) in [7, 11) is -3.89. The van der Waals surface area contributed by atoms with Gasteiger partial charge in [-0.3, -0.25) is 4.57 Å². The molecule has 0 aromatic heterocycles. The second-order valence-corrected chi connectivity index (χ2v) is 6.87. The van der Waals surface area contributed by atoms with E-state index in [1.165, 1.54) is 0.515 Å². The molecule has 0 aliphatic carbocycles. The van der Waals surface area contributed by atoms with Gasteiger partial charge in [0.1, 0.15) is 0 Å². The van der Waals surface area contributed by atoms with Crippen molar-refractivity contribution in [2.75, 3.05) is 0 Å². The Morgan fingerprint density at radius 3 is 2.07 bits per heavy atom. The number of rotatable bonds is 2. The van der Waals surface area contributed by atoms with Crippen molar-refractivity contribution in [3.05, 3.63) is 35.9 Å². The monoisotopic (exact) mass is 240 g/mol. The zero-order chi connectivity index (χ0) is 11.0. The molecular formula is C9H14KO3P. The van der Waals surface area contributed by atoms with Crippen LogP contribution in [0.15, 0.2) is 30.3 Å². The fourth-order valence-corrected chi connectivity index (χ4v) is 1.51. The molecule has 0 saturated heterocycles. The van der Waals surface area contributed by atoms with Crippen molar-refractivity contribution in [1.82, 2.24) is 0 Å². The van der Waals surface area contributed by atoms with E-state index < -0.39 is 7.60 Å². The molecule has 0 saturated carbocycles. The Balaban J connectivity index is 0.000000500. The molecule has 0 unspecified atom stereocenters. The van der Waals surface area contributed by atoms with Crippen LogP contribution in [0.25, 0.3) is 0 Å². The van der Waals surface area contributed by atoms with Gasteiger partial charge < -0.3 is 9.79 Å². The van der Waals surface area contributed by atoms with E-state index >= 15 is 0 Å². The Labute approximate surface area is 119 Å². The maximum atomic E-state index is 10.5. The molecule has 0 aliphatic heterocycles. The molecule has 0 heterocycles. The molecule has 1 aromatic carbocycles. The molecule has 0 spiro atoms. The number of benzene rings is 1. The second kappa shape index (κ2) is 8.19. The van der Waals surface area contributed by atoms with E-state index in [0.717, 1.165) is 49.0 Å². The average Bonchev–Trinajstić information content (AvgIpc) is 2.04. The first-order chi connectivity index (χ1) is 6.49. The average molecular weight is 240 g/mol. The maximum Gasteiger partial charge on any atom is 0.329 e. The Morgan fingerprint density at radius 2 is 1.71 bits per heavy atom. The van der Waals surface area contributed by atoms with Crippen molar-refractivity contribution >= 4 is 56.5 Å². The van der Waals surface area contributed by atoms with Crippen LogP contribution in [0.4, 0.5) is 0 Å². The third-order valence-corrected chi connectivity index (χ3v) is 2.01. The summed E-state index contributed by atoms with van der Waals surface area (Å²) in [6.07, 6.45) is -0.173. The molecule has 5 heteroatoms. The van der Waals surface area contributed by atoms with Gasteiger partial charge in [-0.1, -0.05) is 30.3 Å². The molecule has 2 N–H and O–H groups in total. The minimum absolute atomic E-state index is 0.173. The van der Waals surface area contributed by atoms with Gasteiger partial charge in [-0.2, -0.15) is 0 Å². The van der Waals surface area contributed by atoms with Crippen LogP contribution >= 0.6 is 7.60 Å². The van der Waals surface area contributed by atoms with Gasteiger partial charge in [0.15, 0.2) is 0 Å². The summed E-state index contributed by atoms with van der Waals surface area (Å²) < 4.78 is 11.9. The van der Waals surface area contributed by atoms with Crippen molar-refractivity contribution < 1.29 is 14.4 Å². The maximum absolute atomic E-state index is 10.5. The van der Waals surface area contributed by atoms with Crippen LogP contribution in [0.5, 0.6) is 0 Å². The fourth-order valence-electron chi connectivity index (χ4n) is 0.821. The quantitative estimate of drug-likeness (QED) is 0.613. The normalized spacial score (nSPS) is 10.4. The standard InChI is InChI=1S/C7H9O3P.C2H5.K/c8-11(9,10)6-7-4-2-1-3-5-7;1-2;/h1-5H,6H2,(H2,8,9,10);1H2,2H3;. The summed E-state index contributed by atoms with van der Waals surface area (Å²) in [6.45, 7) is 2.21.